The normalized spacial score (nSPS) is 15.3. The van der Waals surface area contributed by atoms with E-state index in [-0.39, 0.29) is 5.91 Å². The number of hydrogen-bond acceptors (Lipinski definition) is 3. The molecule has 0 saturated carbocycles. The van der Waals surface area contributed by atoms with Crippen LogP contribution in [0.3, 0.4) is 0 Å². The third-order valence-electron chi connectivity index (χ3n) is 3.22. The predicted molar refractivity (Wildman–Crippen MR) is 71.9 cm³/mol. The Bertz CT molecular complexity index is 618. The van der Waals surface area contributed by atoms with Crippen LogP contribution < -0.4 is 5.32 Å². The van der Waals surface area contributed by atoms with Crippen molar-refractivity contribution in [2.24, 2.45) is 0 Å². The van der Waals surface area contributed by atoms with E-state index in [0.29, 0.717) is 6.42 Å². The van der Waals surface area contributed by atoms with Gasteiger partial charge in [-0.1, -0.05) is 12.1 Å². The molecule has 0 bridgehead atoms. The number of anilines is 1. The van der Waals surface area contributed by atoms with Crippen LogP contribution in [0.25, 0.3) is 0 Å². The van der Waals surface area contributed by atoms with Gasteiger partial charge < -0.3 is 10.4 Å². The Morgan fingerprint density at radius 3 is 2.94 bits per heavy atom. The summed E-state index contributed by atoms with van der Waals surface area (Å²) in [5.74, 6) is 0.0175. The third kappa shape index (κ3) is 1.83. The van der Waals surface area contributed by atoms with Gasteiger partial charge in [0.1, 0.15) is 6.10 Å². The monoisotopic (exact) mass is 259 g/mol. The summed E-state index contributed by atoms with van der Waals surface area (Å²) in [6.45, 7) is 1.99. The molecule has 2 heterocycles. The maximum absolute atomic E-state index is 11.3. The first-order valence-corrected chi connectivity index (χ1v) is 6.68. The van der Waals surface area contributed by atoms with Crippen LogP contribution in [0.4, 0.5) is 5.69 Å². The molecular formula is C14H13NO2S. The van der Waals surface area contributed by atoms with Gasteiger partial charge in [-0.3, -0.25) is 4.79 Å². The Labute approximate surface area is 109 Å². The van der Waals surface area contributed by atoms with Crippen LogP contribution in [-0.4, -0.2) is 11.0 Å². The second-order valence-electron chi connectivity index (χ2n) is 4.51. The summed E-state index contributed by atoms with van der Waals surface area (Å²) in [6.07, 6.45) is -0.203. The molecule has 3 nitrogen and oxygen atoms in total. The standard InChI is InChI=1S/C14H13NO2S/c1-8-4-5-18-14(8)13(17)9-2-3-11-10(6-9)7-12(16)15-11/h2-6,13,17H,7H2,1H3,(H,15,16). The lowest BCUT2D eigenvalue weighted by Crippen LogP contribution is -2.03. The number of aryl methyl sites for hydroxylation is 1. The van der Waals surface area contributed by atoms with Gasteiger partial charge in [0, 0.05) is 10.6 Å². The van der Waals surface area contributed by atoms with Crippen molar-refractivity contribution in [3.63, 3.8) is 0 Å². The van der Waals surface area contributed by atoms with Crippen molar-refractivity contribution in [1.82, 2.24) is 0 Å². The van der Waals surface area contributed by atoms with Crippen LogP contribution in [0.2, 0.25) is 0 Å². The first-order valence-electron chi connectivity index (χ1n) is 5.80. The van der Waals surface area contributed by atoms with Crippen molar-refractivity contribution in [3.05, 3.63) is 51.2 Å². The predicted octanol–water partition coefficient (Wildman–Crippen LogP) is 2.63. The topological polar surface area (TPSA) is 49.3 Å². The minimum atomic E-state index is -0.606. The van der Waals surface area contributed by atoms with Gasteiger partial charge in [-0.25, -0.2) is 0 Å². The Balaban J connectivity index is 1.97. The molecule has 0 fully saturated rings. The second kappa shape index (κ2) is 4.23. The van der Waals surface area contributed by atoms with E-state index in [0.717, 1.165) is 27.3 Å². The average molecular weight is 259 g/mol. The molecule has 2 N–H and O–H groups in total. The van der Waals surface area contributed by atoms with Crippen LogP contribution >= 0.6 is 11.3 Å². The largest absolute Gasteiger partial charge is 0.383 e. The molecule has 2 aromatic rings. The molecular weight excluding hydrogens is 246 g/mol. The minimum absolute atomic E-state index is 0.0175. The highest BCUT2D eigenvalue weighted by molar-refractivity contribution is 7.10. The van der Waals surface area contributed by atoms with Gasteiger partial charge in [0.05, 0.1) is 6.42 Å². The van der Waals surface area contributed by atoms with Crippen molar-refractivity contribution < 1.29 is 9.90 Å². The smallest absolute Gasteiger partial charge is 0.228 e. The number of fused-ring (bicyclic) bond motifs is 1. The van der Waals surface area contributed by atoms with E-state index in [1.165, 1.54) is 0 Å². The first-order chi connectivity index (χ1) is 8.65. The number of thiophene rings is 1. The SMILES string of the molecule is Cc1ccsc1C(O)c1ccc2c(c1)CC(=O)N2. The van der Waals surface area contributed by atoms with Gasteiger partial charge in [-0.2, -0.15) is 0 Å². The van der Waals surface area contributed by atoms with Crippen molar-refractivity contribution in [1.29, 1.82) is 0 Å². The maximum atomic E-state index is 11.3. The molecule has 0 aliphatic carbocycles. The van der Waals surface area contributed by atoms with Crippen molar-refractivity contribution in [3.8, 4) is 0 Å². The maximum Gasteiger partial charge on any atom is 0.228 e. The van der Waals surface area contributed by atoms with Gasteiger partial charge in [0.25, 0.3) is 0 Å². The number of nitrogens with one attached hydrogen (secondary N) is 1. The minimum Gasteiger partial charge on any atom is -0.383 e. The molecule has 18 heavy (non-hydrogen) atoms. The van der Waals surface area contributed by atoms with E-state index in [1.807, 2.05) is 36.6 Å². The van der Waals surface area contributed by atoms with E-state index < -0.39 is 6.10 Å². The molecule has 1 unspecified atom stereocenters. The van der Waals surface area contributed by atoms with E-state index in [2.05, 4.69) is 5.32 Å². The zero-order valence-corrected chi connectivity index (χ0v) is 10.8. The fourth-order valence-corrected chi connectivity index (χ4v) is 3.17. The number of aliphatic hydroxyl groups excluding tert-OH is 1. The van der Waals surface area contributed by atoms with E-state index in [9.17, 15) is 9.90 Å². The highest BCUT2D eigenvalue weighted by Crippen LogP contribution is 2.32. The van der Waals surface area contributed by atoms with E-state index >= 15 is 0 Å². The number of hydrogen-bond donors (Lipinski definition) is 2. The Morgan fingerprint density at radius 1 is 1.39 bits per heavy atom. The molecule has 1 atom stereocenters. The molecule has 4 heteroatoms. The Kier molecular flexibility index (Phi) is 2.69. The van der Waals surface area contributed by atoms with Gasteiger partial charge in [0.2, 0.25) is 5.91 Å². The molecule has 0 spiro atoms. The van der Waals surface area contributed by atoms with Crippen LogP contribution in [0.15, 0.2) is 29.6 Å². The summed E-state index contributed by atoms with van der Waals surface area (Å²) in [5, 5.41) is 15.1. The molecule has 1 amide bonds. The van der Waals surface area contributed by atoms with Gasteiger partial charge in [0.15, 0.2) is 0 Å². The number of benzene rings is 1. The average Bonchev–Trinajstić information content (AvgIpc) is 2.91. The van der Waals surface area contributed by atoms with Crippen molar-refractivity contribution in [2.75, 3.05) is 5.32 Å². The summed E-state index contributed by atoms with van der Waals surface area (Å²) >= 11 is 1.55. The van der Waals surface area contributed by atoms with Crippen LogP contribution in [-0.2, 0) is 11.2 Å². The number of amides is 1. The number of rotatable bonds is 2. The van der Waals surface area contributed by atoms with Crippen LogP contribution in [0, 0.1) is 6.92 Å². The highest BCUT2D eigenvalue weighted by Gasteiger charge is 2.20. The second-order valence-corrected chi connectivity index (χ2v) is 5.46. The van der Waals surface area contributed by atoms with Crippen LogP contribution in [0.1, 0.15) is 27.7 Å². The first kappa shape index (κ1) is 11.4. The highest BCUT2D eigenvalue weighted by atomic mass is 32.1. The summed E-state index contributed by atoms with van der Waals surface area (Å²) < 4.78 is 0. The quantitative estimate of drug-likeness (QED) is 0.871. The molecule has 0 saturated heterocycles. The molecule has 1 aromatic carbocycles. The van der Waals surface area contributed by atoms with Gasteiger partial charge in [-0.15, -0.1) is 11.3 Å². The third-order valence-corrected chi connectivity index (χ3v) is 4.29. The van der Waals surface area contributed by atoms with E-state index in [4.69, 9.17) is 0 Å². The molecule has 3 rings (SSSR count). The zero-order valence-electron chi connectivity index (χ0n) is 9.93. The Morgan fingerprint density at radius 2 is 2.22 bits per heavy atom. The molecule has 1 aromatic heterocycles. The lowest BCUT2D eigenvalue weighted by Gasteiger charge is -2.11. The summed E-state index contributed by atoms with van der Waals surface area (Å²) in [5.41, 5.74) is 3.77. The molecule has 0 radical (unpaired) electrons. The van der Waals surface area contributed by atoms with Crippen molar-refractivity contribution in [2.45, 2.75) is 19.4 Å². The number of carbonyl (C=O) groups excluding carboxylic acids is 1. The number of carbonyl (C=O) groups is 1. The van der Waals surface area contributed by atoms with Gasteiger partial charge >= 0.3 is 0 Å². The van der Waals surface area contributed by atoms with Crippen LogP contribution in [0.5, 0.6) is 0 Å². The summed E-state index contributed by atoms with van der Waals surface area (Å²) in [6, 6.07) is 7.65. The van der Waals surface area contributed by atoms with Crippen molar-refractivity contribution >= 4 is 22.9 Å². The Hall–Kier alpha value is -1.65. The fourth-order valence-electron chi connectivity index (χ4n) is 2.24. The summed E-state index contributed by atoms with van der Waals surface area (Å²) in [4.78, 5) is 12.3. The fraction of sp³-hybridized carbons (Fsp3) is 0.214. The molecule has 92 valence electrons. The summed E-state index contributed by atoms with van der Waals surface area (Å²) in [7, 11) is 0. The van der Waals surface area contributed by atoms with E-state index in [1.54, 1.807) is 11.3 Å². The molecule has 1 aliphatic heterocycles. The molecule has 1 aliphatic rings. The lowest BCUT2D eigenvalue weighted by atomic mass is 10.0. The number of aliphatic hydroxyl groups is 1. The van der Waals surface area contributed by atoms with Gasteiger partial charge in [-0.05, 0) is 41.1 Å². The zero-order chi connectivity index (χ0) is 12.7. The lowest BCUT2D eigenvalue weighted by molar-refractivity contribution is -0.115.